The first-order valence-corrected chi connectivity index (χ1v) is 13.3. The third kappa shape index (κ3) is 6.01. The molecule has 3 rings (SSSR count). The van der Waals surface area contributed by atoms with Gasteiger partial charge in [-0.15, -0.1) is 0 Å². The van der Waals surface area contributed by atoms with Gasteiger partial charge in [0, 0.05) is 45.4 Å². The lowest BCUT2D eigenvalue weighted by Crippen LogP contribution is -2.30. The minimum Gasteiger partial charge on any atom is -0.356 e. The summed E-state index contributed by atoms with van der Waals surface area (Å²) in [5.41, 5.74) is 1.51. The molecule has 2 aromatic heterocycles. The Kier molecular flexibility index (Phi) is 8.78. The maximum Gasteiger partial charge on any atom is 0.243 e. The minimum atomic E-state index is -3.56. The fourth-order valence-electron chi connectivity index (χ4n) is 3.92. The average molecular weight is 491 g/mol. The predicted octanol–water partition coefficient (Wildman–Crippen LogP) is 2.85. The molecule has 0 saturated heterocycles. The Balaban J connectivity index is 1.66. The summed E-state index contributed by atoms with van der Waals surface area (Å²) in [5.74, 6) is 1.90. The van der Waals surface area contributed by atoms with Gasteiger partial charge in [-0.2, -0.15) is 9.29 Å². The van der Waals surface area contributed by atoms with Gasteiger partial charge in [0.05, 0.1) is 15.9 Å². The Morgan fingerprint density at radius 2 is 1.91 bits per heavy atom. The molecule has 0 fully saturated rings. The van der Waals surface area contributed by atoms with Crippen LogP contribution in [0.4, 0.5) is 0 Å². The molecule has 11 heteroatoms. The second kappa shape index (κ2) is 11.6. The van der Waals surface area contributed by atoms with E-state index in [1.165, 1.54) is 4.31 Å². The van der Waals surface area contributed by atoms with Crippen molar-refractivity contribution in [3.63, 3.8) is 0 Å². The molecule has 2 heterocycles. The van der Waals surface area contributed by atoms with Crippen LogP contribution in [0.2, 0.25) is 0 Å². The first kappa shape index (κ1) is 25.8. The maximum absolute atomic E-state index is 12.9. The number of carbonyl (C=O) groups excluding carboxylic acids is 1. The van der Waals surface area contributed by atoms with E-state index in [-0.39, 0.29) is 10.8 Å². The summed E-state index contributed by atoms with van der Waals surface area (Å²) in [6, 6.07) is 5.10. The maximum atomic E-state index is 12.9. The van der Waals surface area contributed by atoms with Crippen molar-refractivity contribution in [1.29, 1.82) is 0 Å². The normalized spacial score (nSPS) is 12.0. The Morgan fingerprint density at radius 1 is 1.15 bits per heavy atom. The van der Waals surface area contributed by atoms with Crippen LogP contribution >= 0.6 is 0 Å². The third-order valence-corrected chi connectivity index (χ3v) is 7.67. The SMILES string of the molecule is CCCn1c(CCC(=O)NCCCc2nc(C)no2)nc2cc(S(=O)(=O)N(CC)CC)ccc21. The zero-order chi connectivity index (χ0) is 24.7. The molecule has 1 aromatic carbocycles. The summed E-state index contributed by atoms with van der Waals surface area (Å²) in [4.78, 5) is 21.4. The lowest BCUT2D eigenvalue weighted by atomic mass is 10.2. The first-order chi connectivity index (χ1) is 16.3. The van der Waals surface area contributed by atoms with Gasteiger partial charge in [-0.3, -0.25) is 4.79 Å². The van der Waals surface area contributed by atoms with Crippen molar-refractivity contribution in [3.05, 3.63) is 35.7 Å². The van der Waals surface area contributed by atoms with Crippen molar-refractivity contribution < 1.29 is 17.7 Å². The number of amides is 1. The lowest BCUT2D eigenvalue weighted by Gasteiger charge is -2.18. The number of nitrogens with zero attached hydrogens (tertiary/aromatic N) is 5. The van der Waals surface area contributed by atoms with E-state index >= 15 is 0 Å². The molecule has 0 spiro atoms. The fraction of sp³-hybridized carbons (Fsp3) is 0.565. The van der Waals surface area contributed by atoms with E-state index in [0.29, 0.717) is 62.5 Å². The number of imidazole rings is 1. The highest BCUT2D eigenvalue weighted by molar-refractivity contribution is 7.89. The summed E-state index contributed by atoms with van der Waals surface area (Å²) >= 11 is 0. The van der Waals surface area contributed by atoms with Gasteiger partial charge < -0.3 is 14.4 Å². The minimum absolute atomic E-state index is 0.0541. The number of hydrogen-bond donors (Lipinski definition) is 1. The smallest absolute Gasteiger partial charge is 0.243 e. The molecule has 3 aromatic rings. The Labute approximate surface area is 200 Å². The van der Waals surface area contributed by atoms with Crippen molar-refractivity contribution in [2.45, 2.75) is 71.2 Å². The van der Waals surface area contributed by atoms with Crippen LogP contribution in [0.15, 0.2) is 27.6 Å². The highest BCUT2D eigenvalue weighted by Crippen LogP contribution is 2.24. The Bertz CT molecular complexity index is 1210. The highest BCUT2D eigenvalue weighted by atomic mass is 32.2. The van der Waals surface area contributed by atoms with Crippen LogP contribution in [0.1, 0.15) is 57.6 Å². The van der Waals surface area contributed by atoms with Crippen LogP contribution in [0, 0.1) is 6.92 Å². The first-order valence-electron chi connectivity index (χ1n) is 11.8. The molecular weight excluding hydrogens is 456 g/mol. The van der Waals surface area contributed by atoms with Crippen LogP contribution in [-0.2, 0) is 34.2 Å². The van der Waals surface area contributed by atoms with Crippen LogP contribution in [0.25, 0.3) is 11.0 Å². The quantitative estimate of drug-likeness (QED) is 0.365. The number of benzene rings is 1. The fourth-order valence-corrected chi connectivity index (χ4v) is 5.40. The molecule has 34 heavy (non-hydrogen) atoms. The molecule has 0 radical (unpaired) electrons. The van der Waals surface area contributed by atoms with Gasteiger partial charge >= 0.3 is 0 Å². The topological polar surface area (TPSA) is 123 Å². The lowest BCUT2D eigenvalue weighted by molar-refractivity contribution is -0.121. The number of sulfonamides is 1. The Morgan fingerprint density at radius 3 is 2.56 bits per heavy atom. The molecule has 186 valence electrons. The molecule has 0 aliphatic heterocycles. The van der Waals surface area contributed by atoms with Gasteiger partial charge in [-0.25, -0.2) is 13.4 Å². The standard InChI is InChI=1S/C23H34N6O4S/c1-5-15-29-20-11-10-18(34(31,32)28(6-2)7-3)16-19(20)26-21(29)12-13-22(30)24-14-8-9-23-25-17(4)27-33-23/h10-11,16H,5-9,12-15H2,1-4H3,(H,24,30). The van der Waals surface area contributed by atoms with Crippen molar-refractivity contribution in [3.8, 4) is 0 Å². The number of aromatic nitrogens is 4. The Hall–Kier alpha value is -2.79. The molecular formula is C23H34N6O4S. The van der Waals surface area contributed by atoms with E-state index in [4.69, 9.17) is 9.51 Å². The van der Waals surface area contributed by atoms with Gasteiger partial charge in [0.1, 0.15) is 5.82 Å². The summed E-state index contributed by atoms with van der Waals surface area (Å²) in [6.07, 6.45) is 3.01. The van der Waals surface area contributed by atoms with E-state index in [0.717, 1.165) is 24.3 Å². The number of aryl methyl sites for hydroxylation is 4. The number of carbonyl (C=O) groups is 1. The monoisotopic (exact) mass is 490 g/mol. The second-order valence-electron chi connectivity index (χ2n) is 8.11. The molecule has 0 atom stereocenters. The highest BCUT2D eigenvalue weighted by Gasteiger charge is 2.23. The van der Waals surface area contributed by atoms with Gasteiger partial charge in [0.25, 0.3) is 0 Å². The molecule has 1 amide bonds. The summed E-state index contributed by atoms with van der Waals surface area (Å²) in [6.45, 7) is 9.59. The third-order valence-electron chi connectivity index (χ3n) is 5.62. The van der Waals surface area contributed by atoms with Crippen molar-refractivity contribution in [1.82, 2.24) is 29.3 Å². The van der Waals surface area contributed by atoms with Gasteiger partial charge in [-0.1, -0.05) is 25.9 Å². The van der Waals surface area contributed by atoms with Gasteiger partial charge in [-0.05, 0) is 38.0 Å². The zero-order valence-corrected chi connectivity index (χ0v) is 21.2. The van der Waals surface area contributed by atoms with E-state index < -0.39 is 10.0 Å². The number of rotatable bonds is 13. The second-order valence-corrected chi connectivity index (χ2v) is 10.0. The van der Waals surface area contributed by atoms with Crippen molar-refractivity contribution in [2.24, 2.45) is 0 Å². The largest absolute Gasteiger partial charge is 0.356 e. The summed E-state index contributed by atoms with van der Waals surface area (Å²) in [7, 11) is -3.56. The van der Waals surface area contributed by atoms with Crippen molar-refractivity contribution in [2.75, 3.05) is 19.6 Å². The zero-order valence-electron chi connectivity index (χ0n) is 20.4. The molecule has 10 nitrogen and oxygen atoms in total. The van der Waals surface area contributed by atoms with Crippen LogP contribution in [0.3, 0.4) is 0 Å². The van der Waals surface area contributed by atoms with E-state index in [2.05, 4.69) is 26.9 Å². The average Bonchev–Trinajstić information content (AvgIpc) is 3.38. The van der Waals surface area contributed by atoms with Crippen LogP contribution in [0.5, 0.6) is 0 Å². The molecule has 1 N–H and O–H groups in total. The van der Waals surface area contributed by atoms with Crippen LogP contribution in [-0.4, -0.2) is 58.0 Å². The van der Waals surface area contributed by atoms with Crippen LogP contribution < -0.4 is 5.32 Å². The van der Waals surface area contributed by atoms with Gasteiger partial charge in [0.15, 0.2) is 5.82 Å². The number of nitrogens with one attached hydrogen (secondary N) is 1. The number of hydrogen-bond acceptors (Lipinski definition) is 7. The van der Waals surface area contributed by atoms with Gasteiger partial charge in [0.2, 0.25) is 21.8 Å². The summed E-state index contributed by atoms with van der Waals surface area (Å²) < 4.78 is 34.4. The predicted molar refractivity (Wildman–Crippen MR) is 129 cm³/mol. The van der Waals surface area contributed by atoms with E-state index in [1.807, 2.05) is 19.9 Å². The van der Waals surface area contributed by atoms with Crippen molar-refractivity contribution >= 4 is 27.0 Å². The molecule has 0 aliphatic rings. The molecule has 0 saturated carbocycles. The molecule has 0 bridgehead atoms. The molecule has 0 aliphatic carbocycles. The summed E-state index contributed by atoms with van der Waals surface area (Å²) in [5, 5.41) is 6.67. The number of fused-ring (bicyclic) bond motifs is 1. The van der Waals surface area contributed by atoms with E-state index in [9.17, 15) is 13.2 Å². The molecule has 0 unspecified atom stereocenters. The van der Waals surface area contributed by atoms with E-state index in [1.54, 1.807) is 19.1 Å².